The van der Waals surface area contributed by atoms with Gasteiger partial charge in [0.05, 0.1) is 8.07 Å². The zero-order valence-corrected chi connectivity index (χ0v) is 12.7. The molecule has 0 fully saturated rings. The lowest BCUT2D eigenvalue weighted by Gasteiger charge is -2.24. The molecular formula is C12H18SSi2. The van der Waals surface area contributed by atoms with Crippen LogP contribution in [0.4, 0.5) is 0 Å². The van der Waals surface area contributed by atoms with E-state index in [1.807, 2.05) is 0 Å². The van der Waals surface area contributed by atoms with E-state index in [9.17, 15) is 0 Å². The summed E-state index contributed by atoms with van der Waals surface area (Å²) in [5, 5.41) is 2.71. The summed E-state index contributed by atoms with van der Waals surface area (Å²) in [6.07, 6.45) is 9.16. The fourth-order valence-corrected chi connectivity index (χ4v) is 12.5. The van der Waals surface area contributed by atoms with Gasteiger partial charge in [-0.15, -0.1) is 17.1 Å². The van der Waals surface area contributed by atoms with E-state index in [2.05, 4.69) is 67.5 Å². The maximum atomic E-state index is 2.71. The molecule has 0 N–H and O–H groups in total. The van der Waals surface area contributed by atoms with Crippen LogP contribution in [0.3, 0.4) is 0 Å². The molecule has 1 aliphatic carbocycles. The standard InChI is InChI=1S/C12H18SSi2/c1-14(2)9-15(3,4)12-8-10-6-5-7-11(10)13-12/h5-9,12H,1-4H3. The topological polar surface area (TPSA) is 0 Å². The van der Waals surface area contributed by atoms with Gasteiger partial charge in [-0.05, 0) is 20.1 Å². The molecule has 0 amide bonds. The third-order valence-corrected chi connectivity index (χ3v) is 12.9. The summed E-state index contributed by atoms with van der Waals surface area (Å²) in [6.45, 7) is 9.80. The maximum Gasteiger partial charge on any atom is 0.0856 e. The number of thioether (sulfide) groups is 1. The summed E-state index contributed by atoms with van der Waals surface area (Å²) in [5.41, 5.74) is 1.47. The van der Waals surface area contributed by atoms with Gasteiger partial charge < -0.3 is 0 Å². The molecule has 80 valence electrons. The average Bonchev–Trinajstić information content (AvgIpc) is 2.56. The van der Waals surface area contributed by atoms with Crippen LogP contribution in [0.2, 0.25) is 26.2 Å². The van der Waals surface area contributed by atoms with Gasteiger partial charge >= 0.3 is 0 Å². The number of rotatable bonds is 2. The van der Waals surface area contributed by atoms with E-state index in [4.69, 9.17) is 0 Å². The molecule has 1 heterocycles. The van der Waals surface area contributed by atoms with E-state index >= 15 is 0 Å². The Morgan fingerprint density at radius 3 is 2.73 bits per heavy atom. The third-order valence-electron chi connectivity index (χ3n) is 2.79. The lowest BCUT2D eigenvalue weighted by atomic mass is 10.3. The van der Waals surface area contributed by atoms with Crippen LogP contribution in [-0.2, 0) is 0 Å². The first kappa shape index (κ1) is 11.4. The molecule has 2 rings (SSSR count). The monoisotopic (exact) mass is 250 g/mol. The fraction of sp³-hybridized carbons (Fsp3) is 0.417. The van der Waals surface area contributed by atoms with Crippen LogP contribution < -0.4 is 0 Å². The smallest absolute Gasteiger partial charge is 0.0856 e. The number of hydrogen-bond donors (Lipinski definition) is 0. The van der Waals surface area contributed by atoms with Gasteiger partial charge in [0, 0.05) is 9.78 Å². The largest absolute Gasteiger partial charge is 0.121 e. The Bertz CT molecular complexity index is 396. The molecule has 2 aliphatic rings. The van der Waals surface area contributed by atoms with Gasteiger partial charge in [-0.2, -0.15) is 0 Å². The SMILES string of the molecule is C[Si](C)=C[Si](C)(C)C1C=C2C=CC=C2S1. The van der Waals surface area contributed by atoms with Gasteiger partial charge in [0.15, 0.2) is 0 Å². The van der Waals surface area contributed by atoms with Crippen molar-refractivity contribution in [3.8, 4) is 0 Å². The molecular weight excluding hydrogens is 232 g/mol. The molecule has 0 saturated heterocycles. The van der Waals surface area contributed by atoms with E-state index in [1.54, 1.807) is 0 Å². The second kappa shape index (κ2) is 4.03. The Morgan fingerprint density at radius 2 is 2.13 bits per heavy atom. The Morgan fingerprint density at radius 1 is 1.40 bits per heavy atom. The van der Waals surface area contributed by atoms with Crippen LogP contribution in [0.15, 0.2) is 34.8 Å². The van der Waals surface area contributed by atoms with Gasteiger partial charge in [0.1, 0.15) is 0 Å². The van der Waals surface area contributed by atoms with Crippen molar-refractivity contribution in [3.05, 3.63) is 34.8 Å². The number of allylic oxidation sites excluding steroid dienone is 4. The quantitative estimate of drug-likeness (QED) is 0.677. The molecule has 15 heavy (non-hydrogen) atoms. The second-order valence-corrected chi connectivity index (χ2v) is 14.3. The fourth-order valence-electron chi connectivity index (χ4n) is 2.19. The zero-order chi connectivity index (χ0) is 11.1. The summed E-state index contributed by atoms with van der Waals surface area (Å²) in [6, 6.07) is 0. The van der Waals surface area contributed by atoms with Crippen LogP contribution >= 0.6 is 11.8 Å². The maximum absolute atomic E-state index is 2.71. The van der Waals surface area contributed by atoms with Gasteiger partial charge in [0.25, 0.3) is 0 Å². The van der Waals surface area contributed by atoms with E-state index in [0.29, 0.717) is 0 Å². The van der Waals surface area contributed by atoms with Gasteiger partial charge in [0.2, 0.25) is 0 Å². The van der Waals surface area contributed by atoms with Crippen LogP contribution in [0.25, 0.3) is 0 Å². The summed E-state index contributed by atoms with van der Waals surface area (Å²) >= 11 is 2.08. The predicted octanol–water partition coefficient (Wildman–Crippen LogP) is 3.41. The first-order valence-corrected chi connectivity index (χ1v) is 12.0. The minimum atomic E-state index is -1.17. The normalized spacial score (nSPS) is 23.6. The molecule has 1 atom stereocenters. The molecule has 0 spiro atoms. The lowest BCUT2D eigenvalue weighted by molar-refractivity contribution is 1.51. The number of hydrogen-bond acceptors (Lipinski definition) is 1. The highest BCUT2D eigenvalue weighted by atomic mass is 32.2. The molecule has 0 aromatic rings. The Labute approximate surface area is 99.4 Å². The van der Waals surface area contributed by atoms with Crippen LogP contribution in [-0.4, -0.2) is 26.7 Å². The van der Waals surface area contributed by atoms with Crippen LogP contribution in [0, 0.1) is 0 Å². The first-order valence-electron chi connectivity index (χ1n) is 5.42. The second-order valence-electron chi connectivity index (χ2n) is 5.09. The summed E-state index contributed by atoms with van der Waals surface area (Å²) in [5.74, 6) is 0. The molecule has 0 saturated carbocycles. The zero-order valence-electron chi connectivity index (χ0n) is 9.87. The molecule has 0 bridgehead atoms. The first-order chi connectivity index (χ1) is 6.99. The highest BCUT2D eigenvalue weighted by molar-refractivity contribution is 8.06. The summed E-state index contributed by atoms with van der Waals surface area (Å²) in [4.78, 5) is 2.26. The highest BCUT2D eigenvalue weighted by Gasteiger charge is 2.34. The van der Waals surface area contributed by atoms with Crippen LogP contribution in [0.1, 0.15) is 0 Å². The van der Waals surface area contributed by atoms with Crippen molar-refractivity contribution in [2.75, 3.05) is 0 Å². The molecule has 0 nitrogen and oxygen atoms in total. The van der Waals surface area contributed by atoms with E-state index in [-0.39, 0.29) is 8.41 Å². The van der Waals surface area contributed by atoms with Gasteiger partial charge in [-0.1, -0.05) is 44.4 Å². The van der Waals surface area contributed by atoms with Gasteiger partial charge in [-0.3, -0.25) is 0 Å². The molecule has 1 unspecified atom stereocenters. The Kier molecular flexibility index (Phi) is 3.06. The van der Waals surface area contributed by atoms with Gasteiger partial charge in [-0.25, -0.2) is 0 Å². The van der Waals surface area contributed by atoms with Crippen LogP contribution in [0.5, 0.6) is 0 Å². The average molecular weight is 251 g/mol. The minimum Gasteiger partial charge on any atom is -0.121 e. The van der Waals surface area contributed by atoms with Crippen molar-refractivity contribution in [2.45, 2.75) is 31.1 Å². The number of fused-ring (bicyclic) bond motifs is 1. The van der Waals surface area contributed by atoms with Crippen molar-refractivity contribution < 1.29 is 0 Å². The van der Waals surface area contributed by atoms with Crippen molar-refractivity contribution in [1.29, 1.82) is 0 Å². The third kappa shape index (κ3) is 2.35. The Hall–Kier alpha value is -0.126. The van der Waals surface area contributed by atoms with E-state index in [0.717, 1.165) is 4.87 Å². The summed E-state index contributed by atoms with van der Waals surface area (Å²) < 4.78 is 0. The van der Waals surface area contributed by atoms with Crippen molar-refractivity contribution in [2.24, 2.45) is 0 Å². The lowest BCUT2D eigenvalue weighted by Crippen LogP contribution is -2.41. The molecule has 0 aromatic heterocycles. The van der Waals surface area contributed by atoms with E-state index in [1.165, 1.54) is 10.5 Å². The van der Waals surface area contributed by atoms with E-state index < -0.39 is 8.07 Å². The summed E-state index contributed by atoms with van der Waals surface area (Å²) in [7, 11) is -1.36. The predicted molar refractivity (Wildman–Crippen MR) is 77.7 cm³/mol. The molecule has 3 heteroatoms. The molecule has 0 aromatic carbocycles. The highest BCUT2D eigenvalue weighted by Crippen LogP contribution is 2.43. The van der Waals surface area contributed by atoms with Crippen molar-refractivity contribution in [3.63, 3.8) is 0 Å². The minimum absolute atomic E-state index is 0.195. The van der Waals surface area contributed by atoms with Crippen molar-refractivity contribution in [1.82, 2.24) is 0 Å². The molecule has 1 aliphatic heterocycles. The Balaban J connectivity index is 2.22. The molecule has 0 radical (unpaired) electrons. The van der Waals surface area contributed by atoms with Crippen molar-refractivity contribution >= 4 is 33.5 Å².